The van der Waals surface area contributed by atoms with Crippen LogP contribution in [0.4, 0.5) is 0 Å². The van der Waals surface area contributed by atoms with Crippen LogP contribution in [-0.4, -0.2) is 60.6 Å². The van der Waals surface area contributed by atoms with E-state index in [1.54, 1.807) is 0 Å². The van der Waals surface area contributed by atoms with Gasteiger partial charge in [0.1, 0.15) is 11.4 Å². The van der Waals surface area contributed by atoms with Gasteiger partial charge in [-0.1, -0.05) is 36.4 Å². The van der Waals surface area contributed by atoms with Crippen molar-refractivity contribution in [3.05, 3.63) is 47.5 Å². The summed E-state index contributed by atoms with van der Waals surface area (Å²) in [5.74, 6) is 0. The molecule has 2 aromatic rings. The predicted molar refractivity (Wildman–Crippen MR) is 122 cm³/mol. The molecule has 3 rings (SSSR count). The van der Waals surface area contributed by atoms with Crippen molar-refractivity contribution < 1.29 is 0 Å². The number of nitrogens with one attached hydrogen (secondary N) is 4. The molecule has 0 bridgehead atoms. The summed E-state index contributed by atoms with van der Waals surface area (Å²) in [7, 11) is 0. The first kappa shape index (κ1) is 21.6. The van der Waals surface area contributed by atoms with Crippen LogP contribution >= 0.6 is 24.4 Å². The van der Waals surface area contributed by atoms with Crippen LogP contribution in [0.2, 0.25) is 0 Å². The zero-order valence-electron chi connectivity index (χ0n) is 15.2. The third-order valence-corrected chi connectivity index (χ3v) is 4.32. The van der Waals surface area contributed by atoms with Gasteiger partial charge in [-0.05, 0) is 43.7 Å². The fourth-order valence-corrected chi connectivity index (χ4v) is 3.21. The monoisotopic (exact) mass is 499 g/mol. The van der Waals surface area contributed by atoms with Gasteiger partial charge in [0.05, 0.1) is 0 Å². The van der Waals surface area contributed by atoms with Crippen LogP contribution in [0.5, 0.6) is 0 Å². The van der Waals surface area contributed by atoms with E-state index in [2.05, 4.69) is 43.8 Å². The Morgan fingerprint density at radius 1 is 0.815 bits per heavy atom. The van der Waals surface area contributed by atoms with Crippen molar-refractivity contribution in [3.63, 3.8) is 0 Å². The smallest absolute Gasteiger partial charge is 0.362 e. The Hall–Kier alpha value is -1.71. The average molecular weight is 499 g/mol. The zero-order valence-corrected chi connectivity index (χ0v) is 20.1. The van der Waals surface area contributed by atoms with Gasteiger partial charge in [0.15, 0.2) is 10.2 Å². The van der Waals surface area contributed by atoms with Gasteiger partial charge < -0.3 is 10.6 Å². The van der Waals surface area contributed by atoms with E-state index in [4.69, 9.17) is 24.4 Å². The van der Waals surface area contributed by atoms with Gasteiger partial charge >= 0.3 is 25.8 Å². The van der Waals surface area contributed by atoms with E-state index in [9.17, 15) is 0 Å². The second-order valence-corrected chi connectivity index (χ2v) is 6.39. The van der Waals surface area contributed by atoms with Crippen molar-refractivity contribution in [1.82, 2.24) is 21.5 Å². The summed E-state index contributed by atoms with van der Waals surface area (Å²) in [5, 5.41) is 18.3. The van der Waals surface area contributed by atoms with Gasteiger partial charge in [-0.3, -0.25) is 10.9 Å². The standard InChI is InChI=1S/C18H20N6S2.In/c1-3-19-17(25)23-21-15-12-9-5-7-11-8-6-10-13(14(11)12)16(15)22-24-18(26)20-4-2;/h5-10H,3-4H2,1-2H3,(H2,19,23,25)(H2,20,24,26);/q;+3/b21-15+,22-16+;. The van der Waals surface area contributed by atoms with E-state index >= 15 is 0 Å². The number of hydrazone groups is 2. The summed E-state index contributed by atoms with van der Waals surface area (Å²) < 4.78 is 0. The SMILES string of the molecule is CCNC(=S)N/N=C1/C(=N/NC(=S)NCC)c2cccc3cccc1c23.[In+3]. The molecular weight excluding hydrogens is 479 g/mol. The van der Waals surface area contributed by atoms with E-state index in [-0.39, 0.29) is 25.8 Å². The molecule has 0 aromatic heterocycles. The Labute approximate surface area is 188 Å². The molecular formula is C18H20InN6S2+3. The fourth-order valence-electron chi connectivity index (χ4n) is 2.83. The largest absolute Gasteiger partial charge is 3.00 e. The molecule has 9 heteroatoms. The normalized spacial score (nSPS) is 14.7. The summed E-state index contributed by atoms with van der Waals surface area (Å²) in [6.45, 7) is 5.41. The first-order valence-corrected chi connectivity index (χ1v) is 9.23. The van der Waals surface area contributed by atoms with Crippen LogP contribution in [0.3, 0.4) is 0 Å². The summed E-state index contributed by atoms with van der Waals surface area (Å²) in [5.41, 5.74) is 9.27. The van der Waals surface area contributed by atoms with Crippen molar-refractivity contribution in [2.45, 2.75) is 13.8 Å². The molecule has 0 aliphatic heterocycles. The zero-order chi connectivity index (χ0) is 18.5. The number of hydrogen-bond acceptors (Lipinski definition) is 4. The molecule has 134 valence electrons. The van der Waals surface area contributed by atoms with Gasteiger partial charge in [0, 0.05) is 29.6 Å². The van der Waals surface area contributed by atoms with E-state index in [0.29, 0.717) is 10.2 Å². The third kappa shape index (κ3) is 4.77. The Kier molecular flexibility index (Phi) is 8.00. The molecule has 1 aliphatic carbocycles. The number of thiocarbonyl (C=S) groups is 2. The van der Waals surface area contributed by atoms with Crippen molar-refractivity contribution in [2.24, 2.45) is 10.2 Å². The second kappa shape index (κ2) is 10.0. The molecule has 27 heavy (non-hydrogen) atoms. The third-order valence-electron chi connectivity index (χ3n) is 3.85. The van der Waals surface area contributed by atoms with Crippen LogP contribution < -0.4 is 21.5 Å². The van der Waals surface area contributed by atoms with Crippen molar-refractivity contribution >= 4 is 82.7 Å². The Morgan fingerprint density at radius 3 is 1.67 bits per heavy atom. The molecule has 0 heterocycles. The average Bonchev–Trinajstić information content (AvgIpc) is 2.94. The Bertz CT molecular complexity index is 854. The fraction of sp³-hybridized carbons (Fsp3) is 0.222. The van der Waals surface area contributed by atoms with Crippen LogP contribution in [0.1, 0.15) is 25.0 Å². The van der Waals surface area contributed by atoms with E-state index in [1.807, 2.05) is 38.1 Å². The molecule has 0 fully saturated rings. The van der Waals surface area contributed by atoms with Gasteiger partial charge in [-0.15, -0.1) is 0 Å². The number of rotatable bonds is 4. The molecule has 0 atom stereocenters. The molecule has 0 amide bonds. The van der Waals surface area contributed by atoms with Crippen LogP contribution in [0.15, 0.2) is 46.6 Å². The van der Waals surface area contributed by atoms with Gasteiger partial charge in [-0.25, -0.2) is 0 Å². The molecule has 0 spiro atoms. The topological polar surface area (TPSA) is 72.8 Å². The van der Waals surface area contributed by atoms with Crippen molar-refractivity contribution in [3.8, 4) is 0 Å². The summed E-state index contributed by atoms with van der Waals surface area (Å²) >= 11 is 10.4. The molecule has 0 radical (unpaired) electrons. The molecule has 0 unspecified atom stereocenters. The minimum atomic E-state index is 0. The van der Waals surface area contributed by atoms with Crippen LogP contribution in [0, 0.1) is 0 Å². The van der Waals surface area contributed by atoms with Crippen LogP contribution in [0.25, 0.3) is 10.8 Å². The molecule has 6 nitrogen and oxygen atoms in total. The Morgan fingerprint density at radius 2 is 1.26 bits per heavy atom. The summed E-state index contributed by atoms with van der Waals surface area (Å²) in [6.07, 6.45) is 0. The molecule has 4 N–H and O–H groups in total. The van der Waals surface area contributed by atoms with E-state index < -0.39 is 0 Å². The maximum atomic E-state index is 5.22. The minimum absolute atomic E-state index is 0. The minimum Gasteiger partial charge on any atom is -0.362 e. The Balaban J connectivity index is 0.00000261. The van der Waals surface area contributed by atoms with Crippen LogP contribution in [-0.2, 0) is 0 Å². The first-order chi connectivity index (χ1) is 12.7. The first-order valence-electron chi connectivity index (χ1n) is 8.41. The summed E-state index contributed by atoms with van der Waals surface area (Å²) in [6, 6.07) is 12.3. The molecule has 0 saturated heterocycles. The number of benzene rings is 2. The maximum Gasteiger partial charge on any atom is 3.00 e. The summed E-state index contributed by atoms with van der Waals surface area (Å²) in [4.78, 5) is 0. The van der Waals surface area contributed by atoms with Crippen molar-refractivity contribution in [1.29, 1.82) is 0 Å². The second-order valence-electron chi connectivity index (χ2n) is 5.57. The predicted octanol–water partition coefficient (Wildman–Crippen LogP) is 1.85. The van der Waals surface area contributed by atoms with Gasteiger partial charge in [0.2, 0.25) is 0 Å². The van der Waals surface area contributed by atoms with Crippen molar-refractivity contribution in [2.75, 3.05) is 13.1 Å². The molecule has 0 saturated carbocycles. The maximum absolute atomic E-state index is 5.22. The number of hydrogen-bond donors (Lipinski definition) is 4. The van der Waals surface area contributed by atoms with Gasteiger partial charge in [0.25, 0.3) is 0 Å². The molecule has 2 aromatic carbocycles. The quantitative estimate of drug-likeness (QED) is 0.381. The van der Waals surface area contributed by atoms with E-state index in [0.717, 1.165) is 46.4 Å². The van der Waals surface area contributed by atoms with E-state index in [1.165, 1.54) is 0 Å². The molecule has 1 aliphatic rings. The van der Waals surface area contributed by atoms with Gasteiger partial charge in [-0.2, -0.15) is 10.2 Å². The number of nitrogens with zero attached hydrogens (tertiary/aromatic N) is 2.